The van der Waals surface area contributed by atoms with Crippen LogP contribution in [-0.4, -0.2) is 114 Å². The predicted molar refractivity (Wildman–Crippen MR) is 204 cm³/mol. The van der Waals surface area contributed by atoms with E-state index in [0.29, 0.717) is 39.1 Å². The number of ether oxygens (including phenoxy) is 1. The third kappa shape index (κ3) is 9.55. The summed E-state index contributed by atoms with van der Waals surface area (Å²) in [6.45, 7) is 19.3. The number of carbonyl (C=O) groups excluding carboxylic acids is 6. The molecule has 5 N–H and O–H groups in total. The number of carbonyl (C=O) groups is 6. The molecule has 0 aromatic rings. The number of rotatable bonds is 13. The van der Waals surface area contributed by atoms with Crippen LogP contribution in [0, 0.1) is 23.2 Å². The van der Waals surface area contributed by atoms with Crippen LogP contribution in [0.25, 0.3) is 0 Å². The van der Waals surface area contributed by atoms with Crippen LogP contribution in [0.3, 0.4) is 0 Å². The molecule has 4 aliphatic rings. The van der Waals surface area contributed by atoms with Gasteiger partial charge in [-0.2, -0.15) is 0 Å². The number of Topliss-reactive ketones (excluding diaryl/α,β-unsaturated/α-hetero) is 1. The SMILES string of the molecule is CC(C)C(NC(=O)NC(C(=O)N1CC(C(C)(C)I2CCC2)C[C@H]1C(=O)NC(CC1CCC1)C(=O)C(N)=O)C(C)(C)C)C(=O)N1CCOCC1(C)C. The van der Waals surface area contributed by atoms with E-state index in [1.165, 1.54) is 15.3 Å². The first-order valence-corrected chi connectivity index (χ1v) is 22.8. The fourth-order valence-corrected chi connectivity index (χ4v) is 13.6. The number of halogens is 1. The number of hydrogen-bond donors (Lipinski definition) is 4. The number of nitrogens with zero attached hydrogens (tertiary/aromatic N) is 2. The second-order valence-electron chi connectivity index (χ2n) is 17.5. The van der Waals surface area contributed by atoms with Gasteiger partial charge in [-0.15, -0.1) is 0 Å². The number of hydrogen-bond acceptors (Lipinski definition) is 7. The predicted octanol–water partition coefficient (Wildman–Crippen LogP) is 3.00. The quantitative estimate of drug-likeness (QED) is 0.125. The molecule has 3 heterocycles. The smallest absolute Gasteiger partial charge is 0.377 e. The van der Waals surface area contributed by atoms with E-state index >= 15 is 0 Å². The third-order valence-corrected chi connectivity index (χ3v) is 20.4. The second kappa shape index (κ2) is 16.3. The number of morpholine rings is 1. The van der Waals surface area contributed by atoms with E-state index in [1.54, 1.807) is 9.80 Å². The van der Waals surface area contributed by atoms with E-state index in [2.05, 4.69) is 29.8 Å². The van der Waals surface area contributed by atoms with Gasteiger partial charge in [0, 0.05) is 6.54 Å². The van der Waals surface area contributed by atoms with Crippen LogP contribution in [-0.2, 0) is 28.7 Å². The van der Waals surface area contributed by atoms with E-state index in [0.717, 1.165) is 19.3 Å². The summed E-state index contributed by atoms with van der Waals surface area (Å²) in [6.07, 6.45) is 4.87. The molecule has 1 saturated carbocycles. The molecule has 3 aliphatic heterocycles. The van der Waals surface area contributed by atoms with E-state index in [9.17, 15) is 28.8 Å². The molecule has 4 unspecified atom stereocenters. The molecule has 51 heavy (non-hydrogen) atoms. The average molecular weight is 831 g/mol. The molecule has 1 aliphatic carbocycles. The summed E-state index contributed by atoms with van der Waals surface area (Å²) in [5.41, 5.74) is 4.10. The van der Waals surface area contributed by atoms with Crippen LogP contribution >= 0.6 is 19.8 Å². The molecule has 290 valence electrons. The van der Waals surface area contributed by atoms with Crippen molar-refractivity contribution < 1.29 is 33.5 Å². The van der Waals surface area contributed by atoms with Crippen molar-refractivity contribution in [2.45, 2.75) is 134 Å². The molecule has 14 heteroatoms. The number of likely N-dealkylation sites (tertiary alicyclic amines) is 1. The van der Waals surface area contributed by atoms with Gasteiger partial charge in [0.25, 0.3) is 0 Å². The van der Waals surface area contributed by atoms with Crippen LogP contribution in [0.5, 0.6) is 0 Å². The van der Waals surface area contributed by atoms with Crippen LogP contribution in [0.4, 0.5) is 4.79 Å². The Labute approximate surface area is 311 Å². The maximum absolute atomic E-state index is 14.7. The Hall–Kier alpha value is -2.49. The molecule has 0 radical (unpaired) electrons. The average Bonchev–Trinajstić information content (AvgIpc) is 3.43. The molecule has 4 fully saturated rings. The minimum Gasteiger partial charge on any atom is -0.377 e. The van der Waals surface area contributed by atoms with Gasteiger partial charge in [0.1, 0.15) is 0 Å². The Morgan fingerprint density at radius 2 is 1.59 bits per heavy atom. The van der Waals surface area contributed by atoms with E-state index in [1.807, 2.05) is 48.5 Å². The van der Waals surface area contributed by atoms with Crippen molar-refractivity contribution in [2.24, 2.45) is 28.9 Å². The molecule has 0 aromatic heterocycles. The molecular weight excluding hydrogens is 767 g/mol. The summed E-state index contributed by atoms with van der Waals surface area (Å²) in [5.74, 6) is -2.95. The third-order valence-electron chi connectivity index (χ3n) is 11.5. The monoisotopic (exact) mass is 830 g/mol. The van der Waals surface area contributed by atoms with Gasteiger partial charge >= 0.3 is 269 Å². The Morgan fingerprint density at radius 3 is 2.08 bits per heavy atom. The molecule has 0 aromatic carbocycles. The summed E-state index contributed by atoms with van der Waals surface area (Å²) < 4.78 is 8.10. The van der Waals surface area contributed by atoms with Gasteiger partial charge in [0.2, 0.25) is 0 Å². The standard InChI is InChI=1S/C37H63IN6O7/c1-22(2)27(32(48)44-16-17-51-21-36(44,6)7)41-34(50)42-29(35(3,4)5)33(49)43-20-24(37(8,9)38-14-11-15-38)19-26(43)31(47)40-25(28(45)30(39)46)18-23-12-10-13-23/h22-27,29H,10-21H2,1-9H3,(H2,39,46)(H,40,47)(H2,41,42,50)/t24?,25?,26-,27?,29?/m0/s1. The van der Waals surface area contributed by atoms with E-state index in [-0.39, 0.29) is 27.1 Å². The fraction of sp³-hybridized carbons (Fsp3) is 0.838. The number of amides is 6. The molecule has 0 bridgehead atoms. The molecule has 3 saturated heterocycles. The number of alkyl halides is 3. The van der Waals surface area contributed by atoms with Gasteiger partial charge in [-0.3, -0.25) is 0 Å². The fourth-order valence-electron chi connectivity index (χ4n) is 7.61. The van der Waals surface area contributed by atoms with Gasteiger partial charge in [-0.1, -0.05) is 0 Å². The Bertz CT molecular complexity index is 1340. The zero-order chi connectivity index (χ0) is 38.1. The molecule has 5 atom stereocenters. The molecular formula is C37H63IN6O7. The topological polar surface area (TPSA) is 180 Å². The normalized spacial score (nSPS) is 24.9. The Kier molecular flexibility index (Phi) is 13.2. The maximum atomic E-state index is 14.7. The van der Waals surface area contributed by atoms with Crippen LogP contribution in [0.2, 0.25) is 0 Å². The first-order chi connectivity index (χ1) is 23.6. The second-order valence-corrected chi connectivity index (χ2v) is 25.0. The van der Waals surface area contributed by atoms with E-state index < -0.39 is 84.5 Å². The van der Waals surface area contributed by atoms with Crippen molar-refractivity contribution in [3.63, 3.8) is 0 Å². The first kappa shape index (κ1) is 41.3. The number of urea groups is 1. The van der Waals surface area contributed by atoms with Gasteiger partial charge in [-0.05, 0) is 13.8 Å². The van der Waals surface area contributed by atoms with Crippen LogP contribution in [0.15, 0.2) is 0 Å². The molecule has 0 spiro atoms. The number of ketones is 1. The number of primary amides is 1. The molecule has 13 nitrogen and oxygen atoms in total. The number of nitrogens with two attached hydrogens (primary N) is 1. The van der Waals surface area contributed by atoms with Crippen LogP contribution < -0.4 is 21.7 Å². The van der Waals surface area contributed by atoms with Gasteiger partial charge in [0.05, 0.1) is 18.8 Å². The first-order valence-electron chi connectivity index (χ1n) is 18.7. The van der Waals surface area contributed by atoms with Crippen molar-refractivity contribution in [1.29, 1.82) is 0 Å². The van der Waals surface area contributed by atoms with Gasteiger partial charge in [-0.25, -0.2) is 0 Å². The van der Waals surface area contributed by atoms with Crippen molar-refractivity contribution in [3.8, 4) is 0 Å². The summed E-state index contributed by atoms with van der Waals surface area (Å²) in [6, 6.07) is -4.44. The van der Waals surface area contributed by atoms with Crippen molar-refractivity contribution in [1.82, 2.24) is 25.8 Å². The summed E-state index contributed by atoms with van der Waals surface area (Å²) >= 11 is -1.30. The Balaban J connectivity index is 1.58. The van der Waals surface area contributed by atoms with Gasteiger partial charge in [0.15, 0.2) is 0 Å². The van der Waals surface area contributed by atoms with Crippen LogP contribution in [0.1, 0.15) is 101 Å². The molecule has 6 amide bonds. The minimum atomic E-state index is -1.30. The summed E-state index contributed by atoms with van der Waals surface area (Å²) in [4.78, 5) is 84.6. The van der Waals surface area contributed by atoms with Gasteiger partial charge < -0.3 is 4.74 Å². The zero-order valence-electron chi connectivity index (χ0n) is 32.2. The zero-order valence-corrected chi connectivity index (χ0v) is 34.4. The molecule has 4 rings (SSSR count). The van der Waals surface area contributed by atoms with Crippen molar-refractivity contribution in [2.75, 3.05) is 35.2 Å². The summed E-state index contributed by atoms with van der Waals surface area (Å²) in [5, 5.41) is 8.60. The minimum absolute atomic E-state index is 0.00422. The summed E-state index contributed by atoms with van der Waals surface area (Å²) in [7, 11) is 0. The Morgan fingerprint density at radius 1 is 0.941 bits per heavy atom. The van der Waals surface area contributed by atoms with Crippen molar-refractivity contribution >= 4 is 55.3 Å². The number of nitrogens with one attached hydrogen (secondary N) is 3. The van der Waals surface area contributed by atoms with E-state index in [4.69, 9.17) is 10.5 Å². The van der Waals surface area contributed by atoms with Crippen molar-refractivity contribution in [3.05, 3.63) is 0 Å².